The number of anilines is 1. The summed E-state index contributed by atoms with van der Waals surface area (Å²) in [6.07, 6.45) is 3.41. The Morgan fingerprint density at radius 3 is 2.68 bits per heavy atom. The third kappa shape index (κ3) is 3.45. The molecule has 2 fully saturated rings. The van der Waals surface area contributed by atoms with E-state index in [9.17, 15) is 9.59 Å². The fourth-order valence-electron chi connectivity index (χ4n) is 3.47. The molecule has 7 nitrogen and oxygen atoms in total. The number of benzene rings is 1. The van der Waals surface area contributed by atoms with E-state index in [4.69, 9.17) is 5.73 Å². The van der Waals surface area contributed by atoms with E-state index < -0.39 is 5.54 Å². The van der Waals surface area contributed by atoms with Gasteiger partial charge in [-0.15, -0.1) is 0 Å². The first-order valence-electron chi connectivity index (χ1n) is 8.70. The van der Waals surface area contributed by atoms with Crippen molar-refractivity contribution in [2.45, 2.75) is 45.1 Å². The number of urea groups is 1. The van der Waals surface area contributed by atoms with Crippen molar-refractivity contribution < 1.29 is 9.59 Å². The van der Waals surface area contributed by atoms with Crippen LogP contribution in [0.25, 0.3) is 0 Å². The second-order valence-corrected chi connectivity index (χ2v) is 6.87. The predicted octanol–water partition coefficient (Wildman–Crippen LogP) is 1.89. The molecule has 1 aliphatic carbocycles. The number of hydrogen-bond acceptors (Lipinski definition) is 3. The molecule has 1 aliphatic heterocycles. The molecule has 3 rings (SSSR count). The molecular weight excluding hydrogens is 318 g/mol. The van der Waals surface area contributed by atoms with Crippen molar-refractivity contribution >= 4 is 23.6 Å². The van der Waals surface area contributed by atoms with Gasteiger partial charge in [0.15, 0.2) is 5.96 Å². The van der Waals surface area contributed by atoms with Crippen molar-refractivity contribution in [3.05, 3.63) is 29.3 Å². The molecule has 0 radical (unpaired) electrons. The zero-order chi connectivity index (χ0) is 18.0. The van der Waals surface area contributed by atoms with Gasteiger partial charge in [-0.3, -0.25) is 14.7 Å². The van der Waals surface area contributed by atoms with Crippen molar-refractivity contribution in [1.82, 2.24) is 10.2 Å². The highest BCUT2D eigenvalue weighted by Crippen LogP contribution is 2.34. The number of nitrogens with zero attached hydrogens (tertiary/aromatic N) is 2. The monoisotopic (exact) mass is 343 g/mol. The van der Waals surface area contributed by atoms with Gasteiger partial charge in [-0.25, -0.2) is 4.79 Å². The van der Waals surface area contributed by atoms with E-state index in [1.807, 2.05) is 32.0 Å². The van der Waals surface area contributed by atoms with Crippen molar-refractivity contribution in [2.24, 2.45) is 10.7 Å². The highest BCUT2D eigenvalue weighted by Gasteiger charge is 2.52. The maximum atomic E-state index is 12.5. The zero-order valence-electron chi connectivity index (χ0n) is 14.8. The number of hydrogen-bond donors (Lipinski definition) is 3. The number of guanidine groups is 1. The first-order valence-corrected chi connectivity index (χ1v) is 8.70. The molecule has 25 heavy (non-hydrogen) atoms. The lowest BCUT2D eigenvalue weighted by Crippen LogP contribution is -2.44. The Morgan fingerprint density at radius 1 is 1.28 bits per heavy atom. The first-order chi connectivity index (χ1) is 11.9. The van der Waals surface area contributed by atoms with Crippen molar-refractivity contribution in [3.8, 4) is 0 Å². The molecule has 1 aromatic carbocycles. The lowest BCUT2D eigenvalue weighted by atomic mass is 9.98. The number of carbonyl (C=O) groups is 2. The molecule has 7 heteroatoms. The van der Waals surface area contributed by atoms with E-state index in [2.05, 4.69) is 15.6 Å². The van der Waals surface area contributed by atoms with Crippen LogP contribution in [0.1, 0.15) is 36.8 Å². The highest BCUT2D eigenvalue weighted by molar-refractivity contribution is 6.07. The maximum Gasteiger partial charge on any atom is 0.325 e. The van der Waals surface area contributed by atoms with Gasteiger partial charge in [-0.05, 0) is 49.9 Å². The summed E-state index contributed by atoms with van der Waals surface area (Å²) < 4.78 is 0. The maximum absolute atomic E-state index is 12.5. The molecule has 1 heterocycles. The Balaban J connectivity index is 1.56. The Morgan fingerprint density at radius 2 is 2.00 bits per heavy atom. The van der Waals surface area contributed by atoms with Crippen LogP contribution >= 0.6 is 0 Å². The average Bonchev–Trinajstić information content (AvgIpc) is 3.12. The normalized spacial score (nSPS) is 19.6. The molecule has 1 spiro atoms. The summed E-state index contributed by atoms with van der Waals surface area (Å²) in [5.41, 5.74) is 8.48. The highest BCUT2D eigenvalue weighted by atomic mass is 16.2. The second kappa shape index (κ2) is 6.74. The summed E-state index contributed by atoms with van der Waals surface area (Å²) in [7, 11) is 0. The molecule has 4 N–H and O–H groups in total. The molecule has 0 bridgehead atoms. The van der Waals surface area contributed by atoms with E-state index >= 15 is 0 Å². The smallest absolute Gasteiger partial charge is 0.325 e. The Bertz CT molecular complexity index is 722. The van der Waals surface area contributed by atoms with Crippen LogP contribution in [0.4, 0.5) is 10.5 Å². The van der Waals surface area contributed by atoms with Gasteiger partial charge in [0.1, 0.15) is 5.54 Å². The van der Waals surface area contributed by atoms with Crippen LogP contribution < -0.4 is 16.4 Å². The van der Waals surface area contributed by atoms with E-state index in [1.165, 1.54) is 16.0 Å². The van der Waals surface area contributed by atoms with Crippen LogP contribution in [0.2, 0.25) is 0 Å². The number of aryl methyl sites for hydroxylation is 2. The predicted molar refractivity (Wildman–Crippen MR) is 97.5 cm³/mol. The van der Waals surface area contributed by atoms with Gasteiger partial charge in [-0.2, -0.15) is 0 Å². The molecule has 0 unspecified atom stereocenters. The van der Waals surface area contributed by atoms with Gasteiger partial charge in [0.05, 0.1) is 13.1 Å². The third-order valence-corrected chi connectivity index (χ3v) is 5.09. The number of rotatable bonds is 4. The van der Waals surface area contributed by atoms with Gasteiger partial charge in [0.2, 0.25) is 0 Å². The Hall–Kier alpha value is -2.57. The van der Waals surface area contributed by atoms with E-state index in [1.54, 1.807) is 0 Å². The summed E-state index contributed by atoms with van der Waals surface area (Å²) >= 11 is 0. The van der Waals surface area contributed by atoms with Crippen LogP contribution in [-0.2, 0) is 4.79 Å². The Kier molecular flexibility index (Phi) is 4.65. The first kappa shape index (κ1) is 17.3. The van der Waals surface area contributed by atoms with E-state index in [-0.39, 0.29) is 31.0 Å². The van der Waals surface area contributed by atoms with Crippen LogP contribution in [-0.4, -0.2) is 41.4 Å². The third-order valence-electron chi connectivity index (χ3n) is 5.09. The van der Waals surface area contributed by atoms with Crippen molar-refractivity contribution in [3.63, 3.8) is 0 Å². The number of nitrogens with one attached hydrogen (secondary N) is 2. The summed E-state index contributed by atoms with van der Waals surface area (Å²) in [5.74, 6) is 0.150. The number of amides is 3. The number of carbonyl (C=O) groups excluding carboxylic acids is 2. The molecule has 1 saturated heterocycles. The average molecular weight is 343 g/mol. The van der Waals surface area contributed by atoms with E-state index in [0.29, 0.717) is 0 Å². The van der Waals surface area contributed by atoms with Crippen LogP contribution in [0.5, 0.6) is 0 Å². The number of aliphatic imine (C=N–C) groups is 1. The second-order valence-electron chi connectivity index (χ2n) is 6.87. The molecule has 2 aliphatic rings. The summed E-state index contributed by atoms with van der Waals surface area (Å²) in [6, 6.07) is 5.63. The minimum atomic E-state index is -0.663. The van der Waals surface area contributed by atoms with Gasteiger partial charge in [0, 0.05) is 5.69 Å². The fourth-order valence-corrected chi connectivity index (χ4v) is 3.47. The molecule has 0 aromatic heterocycles. The molecular formula is C18H25N5O2. The Labute approximate surface area is 147 Å². The molecule has 0 atom stereocenters. The molecule has 1 aromatic rings. The van der Waals surface area contributed by atoms with E-state index in [0.717, 1.165) is 31.4 Å². The fraction of sp³-hybridized carbons (Fsp3) is 0.500. The standard InChI is InChI=1S/C18H25N5O2/c1-12-5-6-14(11-13(12)2)21-16(19)20-9-10-23-15(24)18(22-17(23)25)7-3-4-8-18/h5-6,11H,3-4,7-10H2,1-2H3,(H,22,25)(H3,19,20,21). The summed E-state index contributed by atoms with van der Waals surface area (Å²) in [6.45, 7) is 4.59. The molecule has 134 valence electrons. The van der Waals surface area contributed by atoms with Gasteiger partial charge in [0.25, 0.3) is 5.91 Å². The zero-order valence-corrected chi connectivity index (χ0v) is 14.8. The minimum Gasteiger partial charge on any atom is -0.370 e. The topological polar surface area (TPSA) is 99.8 Å². The van der Waals surface area contributed by atoms with Crippen molar-refractivity contribution in [2.75, 3.05) is 18.4 Å². The van der Waals surface area contributed by atoms with Crippen LogP contribution in [0.3, 0.4) is 0 Å². The van der Waals surface area contributed by atoms with Crippen LogP contribution in [0.15, 0.2) is 23.2 Å². The number of imide groups is 1. The quantitative estimate of drug-likeness (QED) is 0.441. The molecule has 1 saturated carbocycles. The lowest BCUT2D eigenvalue weighted by Gasteiger charge is -2.19. The van der Waals surface area contributed by atoms with Gasteiger partial charge >= 0.3 is 6.03 Å². The lowest BCUT2D eigenvalue weighted by molar-refractivity contribution is -0.131. The number of nitrogens with two attached hydrogens (primary N) is 1. The van der Waals surface area contributed by atoms with Gasteiger partial charge in [-0.1, -0.05) is 18.9 Å². The molecule has 3 amide bonds. The SMILES string of the molecule is Cc1ccc(NC(N)=NCCN2C(=O)NC3(CCCC3)C2=O)cc1C. The van der Waals surface area contributed by atoms with Crippen LogP contribution in [0, 0.1) is 13.8 Å². The van der Waals surface area contributed by atoms with Crippen molar-refractivity contribution in [1.29, 1.82) is 0 Å². The largest absolute Gasteiger partial charge is 0.370 e. The summed E-state index contributed by atoms with van der Waals surface area (Å²) in [4.78, 5) is 30.1. The minimum absolute atomic E-state index is 0.120. The van der Waals surface area contributed by atoms with Gasteiger partial charge < -0.3 is 16.4 Å². The summed E-state index contributed by atoms with van der Waals surface area (Å²) in [5, 5.41) is 5.89.